The summed E-state index contributed by atoms with van der Waals surface area (Å²) in [7, 11) is -3.50. The van der Waals surface area contributed by atoms with Crippen LogP contribution >= 0.6 is 7.60 Å². The highest BCUT2D eigenvalue weighted by Gasteiger charge is 2.32. The van der Waals surface area contributed by atoms with E-state index < -0.39 is 7.60 Å². The Morgan fingerprint density at radius 1 is 0.290 bits per heavy atom. The van der Waals surface area contributed by atoms with Crippen molar-refractivity contribution in [3.05, 3.63) is 0 Å². The smallest absolute Gasteiger partial charge is 0.324 e. The Labute approximate surface area is 393 Å². The third-order valence-corrected chi connectivity index (χ3v) is 16.0. The lowest BCUT2D eigenvalue weighted by atomic mass is 9.74. The van der Waals surface area contributed by atoms with Gasteiger partial charge < -0.3 is 9.42 Å². The molecule has 0 aromatic rings. The van der Waals surface area contributed by atoms with Crippen molar-refractivity contribution in [1.82, 2.24) is 0 Å². The maximum absolute atomic E-state index is 12.8. The minimum Gasteiger partial charge on any atom is -0.324 e. The minimum atomic E-state index is -3.50. The Morgan fingerprint density at radius 3 is 0.613 bits per heavy atom. The molecule has 0 heterocycles. The van der Waals surface area contributed by atoms with Gasteiger partial charge in [0.2, 0.25) is 0 Å². The summed E-state index contributed by atoms with van der Waals surface area (Å²) in [6.07, 6.45) is 70.9. The molecule has 0 spiro atoms. The van der Waals surface area contributed by atoms with Crippen LogP contribution < -0.4 is 0 Å². The second-order valence-electron chi connectivity index (χ2n) is 20.9. The highest BCUT2D eigenvalue weighted by Crippen LogP contribution is 2.46. The molecule has 0 aliphatic carbocycles. The summed E-state index contributed by atoms with van der Waals surface area (Å²) >= 11 is 0. The van der Waals surface area contributed by atoms with Gasteiger partial charge in [-0.1, -0.05) is 336 Å². The van der Waals surface area contributed by atoms with Crippen LogP contribution in [0.3, 0.4) is 0 Å². The van der Waals surface area contributed by atoms with Gasteiger partial charge in [-0.15, -0.1) is 0 Å². The van der Waals surface area contributed by atoms with Crippen LogP contribution in [-0.2, 0) is 9.09 Å². The fraction of sp³-hybridized carbons (Fsp3) is 1.00. The van der Waals surface area contributed by atoms with E-state index in [-0.39, 0.29) is 11.6 Å². The molecule has 0 fully saturated rings. The van der Waals surface area contributed by atoms with E-state index in [1.54, 1.807) is 0 Å². The Balaban J connectivity index is 4.70. The summed E-state index contributed by atoms with van der Waals surface area (Å²) in [6.45, 7) is 9.22. The summed E-state index contributed by atoms with van der Waals surface area (Å²) in [5, 5.41) is 0. The van der Waals surface area contributed by atoms with Gasteiger partial charge in [-0.2, -0.15) is 0 Å². The molecule has 1 unspecified atom stereocenters. The van der Waals surface area contributed by atoms with Gasteiger partial charge in [0.25, 0.3) is 0 Å². The molecule has 3 nitrogen and oxygen atoms in total. The molecule has 0 aliphatic rings. The van der Waals surface area contributed by atoms with Gasteiger partial charge in [0.05, 0.1) is 6.61 Å². The van der Waals surface area contributed by atoms with Crippen molar-refractivity contribution in [1.29, 1.82) is 0 Å². The fourth-order valence-electron chi connectivity index (χ4n) is 10.1. The first-order valence-electron chi connectivity index (χ1n) is 29.4. The van der Waals surface area contributed by atoms with Crippen LogP contribution in [0.4, 0.5) is 0 Å². The monoisotopic (exact) mass is 895 g/mol. The molecular formula is C58H119O3P. The maximum atomic E-state index is 12.8. The quantitative estimate of drug-likeness (QED) is 0.0489. The SMILES string of the molecule is CCCCCCCCCCCCCCCCCCC(CCCCCCCCCCCCCCCCCC)(CCCCCCCCCCCCCCCCCC)COP(=O)(O)CC. The van der Waals surface area contributed by atoms with Crippen molar-refractivity contribution in [2.24, 2.45) is 5.41 Å². The molecule has 4 heteroatoms. The van der Waals surface area contributed by atoms with Crippen molar-refractivity contribution in [2.75, 3.05) is 12.8 Å². The molecule has 0 amide bonds. The van der Waals surface area contributed by atoms with E-state index in [1.165, 1.54) is 327 Å². The Hall–Kier alpha value is 0.150. The predicted octanol–water partition coefficient (Wildman–Crippen LogP) is 22.1. The van der Waals surface area contributed by atoms with E-state index in [0.717, 1.165) is 0 Å². The normalized spacial score (nSPS) is 13.0. The zero-order valence-electron chi connectivity index (χ0n) is 43.7. The topological polar surface area (TPSA) is 46.5 Å². The third-order valence-electron chi connectivity index (χ3n) is 14.7. The minimum absolute atomic E-state index is 0.0650. The highest BCUT2D eigenvalue weighted by atomic mass is 31.2. The molecule has 0 saturated heterocycles. The molecule has 0 aliphatic heterocycles. The van der Waals surface area contributed by atoms with Crippen molar-refractivity contribution >= 4 is 7.60 Å². The summed E-state index contributed by atoms with van der Waals surface area (Å²) < 4.78 is 18.8. The molecule has 1 atom stereocenters. The highest BCUT2D eigenvalue weighted by molar-refractivity contribution is 7.52. The van der Waals surface area contributed by atoms with E-state index in [1.807, 2.05) is 6.92 Å². The van der Waals surface area contributed by atoms with Gasteiger partial charge >= 0.3 is 7.60 Å². The number of hydrogen-bond acceptors (Lipinski definition) is 2. The van der Waals surface area contributed by atoms with Crippen molar-refractivity contribution in [2.45, 2.75) is 355 Å². The molecule has 0 rings (SSSR count). The van der Waals surface area contributed by atoms with Crippen molar-refractivity contribution in [3.63, 3.8) is 0 Å². The lowest BCUT2D eigenvalue weighted by molar-refractivity contribution is 0.0918. The molecule has 374 valence electrons. The van der Waals surface area contributed by atoms with Gasteiger partial charge in [-0.3, -0.25) is 4.57 Å². The van der Waals surface area contributed by atoms with E-state index in [0.29, 0.717) is 6.61 Å². The Bertz CT molecular complexity index is 786. The zero-order valence-corrected chi connectivity index (χ0v) is 44.6. The summed E-state index contributed by atoms with van der Waals surface area (Å²) in [6, 6.07) is 0. The maximum Gasteiger partial charge on any atom is 0.327 e. The van der Waals surface area contributed by atoms with Gasteiger partial charge in [-0.25, -0.2) is 0 Å². The Kier molecular flexibility index (Phi) is 50.7. The molecule has 0 aromatic carbocycles. The van der Waals surface area contributed by atoms with Crippen LogP contribution in [0.1, 0.15) is 355 Å². The first-order valence-corrected chi connectivity index (χ1v) is 31.2. The molecule has 1 N–H and O–H groups in total. The second kappa shape index (κ2) is 50.6. The van der Waals surface area contributed by atoms with Gasteiger partial charge in [0, 0.05) is 6.16 Å². The molecule has 62 heavy (non-hydrogen) atoms. The largest absolute Gasteiger partial charge is 0.327 e. The fourth-order valence-corrected chi connectivity index (χ4v) is 10.7. The van der Waals surface area contributed by atoms with E-state index >= 15 is 0 Å². The lowest BCUT2D eigenvalue weighted by Crippen LogP contribution is -2.27. The van der Waals surface area contributed by atoms with Crippen LogP contribution in [-0.4, -0.2) is 17.7 Å². The van der Waals surface area contributed by atoms with Crippen LogP contribution in [0.15, 0.2) is 0 Å². The third kappa shape index (κ3) is 46.7. The molecular weight excluding hydrogens is 776 g/mol. The van der Waals surface area contributed by atoms with Gasteiger partial charge in [-0.05, 0) is 24.7 Å². The average Bonchev–Trinajstić information content (AvgIpc) is 3.27. The standard InChI is InChI=1S/C58H119O3P/c1-5-9-12-15-18-21-24-27-30-33-36-39-42-45-48-51-54-58(57-61-62(59,60)8-4,55-52-49-46-43-40-37-34-31-28-25-22-19-16-13-10-6-2)56-53-50-47-44-41-38-35-32-29-26-23-20-17-14-11-7-3/h5-57H2,1-4H3,(H,59,60). The summed E-state index contributed by atoms with van der Waals surface area (Å²) in [5.74, 6) is 0. The first kappa shape index (κ1) is 62.1. The van der Waals surface area contributed by atoms with Crippen molar-refractivity contribution in [3.8, 4) is 0 Å². The Morgan fingerprint density at radius 2 is 0.452 bits per heavy atom. The lowest BCUT2D eigenvalue weighted by Gasteiger charge is -2.35. The number of unbranched alkanes of at least 4 members (excludes halogenated alkanes) is 45. The summed E-state index contributed by atoms with van der Waals surface area (Å²) in [5.41, 5.74) is 0.0650. The second-order valence-corrected chi connectivity index (χ2v) is 23.1. The van der Waals surface area contributed by atoms with Crippen molar-refractivity contribution < 1.29 is 14.0 Å². The van der Waals surface area contributed by atoms with Crippen LogP contribution in [0.25, 0.3) is 0 Å². The zero-order chi connectivity index (χ0) is 45.2. The number of hydrogen-bond donors (Lipinski definition) is 1. The van der Waals surface area contributed by atoms with Crippen LogP contribution in [0.2, 0.25) is 0 Å². The van der Waals surface area contributed by atoms with Crippen LogP contribution in [0.5, 0.6) is 0 Å². The molecule has 0 saturated carbocycles. The molecule has 0 aromatic heterocycles. The molecule has 0 radical (unpaired) electrons. The van der Waals surface area contributed by atoms with E-state index in [2.05, 4.69) is 20.8 Å². The molecule has 0 bridgehead atoms. The number of rotatable bonds is 55. The average molecular weight is 896 g/mol. The van der Waals surface area contributed by atoms with E-state index in [4.69, 9.17) is 4.52 Å². The van der Waals surface area contributed by atoms with E-state index in [9.17, 15) is 9.46 Å². The van der Waals surface area contributed by atoms with Crippen LogP contribution in [0, 0.1) is 5.41 Å². The summed E-state index contributed by atoms with van der Waals surface area (Å²) in [4.78, 5) is 10.6. The first-order chi connectivity index (χ1) is 30.4. The van der Waals surface area contributed by atoms with Gasteiger partial charge in [0.15, 0.2) is 0 Å². The van der Waals surface area contributed by atoms with Gasteiger partial charge in [0.1, 0.15) is 0 Å². The predicted molar refractivity (Wildman–Crippen MR) is 281 cm³/mol.